The van der Waals surface area contributed by atoms with Crippen molar-refractivity contribution in [2.75, 3.05) is 13.7 Å². The Labute approximate surface area is 205 Å². The van der Waals surface area contributed by atoms with Crippen LogP contribution in [0.3, 0.4) is 0 Å². The number of hydrogen-bond acceptors (Lipinski definition) is 5. The summed E-state index contributed by atoms with van der Waals surface area (Å²) >= 11 is 0. The van der Waals surface area contributed by atoms with E-state index in [4.69, 9.17) is 4.74 Å². The van der Waals surface area contributed by atoms with Crippen LogP contribution in [-0.2, 0) is 9.59 Å². The van der Waals surface area contributed by atoms with Gasteiger partial charge in [-0.25, -0.2) is 9.80 Å². The molecule has 2 heterocycles. The van der Waals surface area contributed by atoms with Gasteiger partial charge in [-0.3, -0.25) is 14.5 Å². The number of urea groups is 1. The Kier molecular flexibility index (Phi) is 7.19. The van der Waals surface area contributed by atoms with Crippen molar-refractivity contribution in [2.45, 2.75) is 57.5 Å². The van der Waals surface area contributed by atoms with Gasteiger partial charge in [-0.2, -0.15) is 5.10 Å². The van der Waals surface area contributed by atoms with Crippen molar-refractivity contribution in [3.05, 3.63) is 65.7 Å². The van der Waals surface area contributed by atoms with Gasteiger partial charge in [-0.1, -0.05) is 69.2 Å². The van der Waals surface area contributed by atoms with Crippen LogP contribution >= 0.6 is 0 Å². The van der Waals surface area contributed by atoms with E-state index in [2.05, 4.69) is 10.4 Å². The highest BCUT2D eigenvalue weighted by atomic mass is 16.5. The van der Waals surface area contributed by atoms with Crippen molar-refractivity contribution in [2.24, 2.45) is 5.10 Å². The zero-order valence-electron chi connectivity index (χ0n) is 20.5. The second-order valence-corrected chi connectivity index (χ2v) is 9.05. The summed E-state index contributed by atoms with van der Waals surface area (Å²) in [4.78, 5) is 40.7. The topological polar surface area (TPSA) is 91.3 Å². The van der Waals surface area contributed by atoms with E-state index in [1.807, 2.05) is 68.4 Å². The first-order valence-corrected chi connectivity index (χ1v) is 12.2. The number of nitrogens with one attached hydrogen (secondary N) is 1. The van der Waals surface area contributed by atoms with Gasteiger partial charge in [0.15, 0.2) is 0 Å². The van der Waals surface area contributed by atoms with E-state index < -0.39 is 17.5 Å². The van der Waals surface area contributed by atoms with Crippen LogP contribution in [0.15, 0.2) is 59.7 Å². The van der Waals surface area contributed by atoms with Crippen LogP contribution in [0.25, 0.3) is 0 Å². The van der Waals surface area contributed by atoms with E-state index >= 15 is 0 Å². The molecular weight excluding hydrogens is 444 g/mol. The van der Waals surface area contributed by atoms with Crippen LogP contribution in [0.5, 0.6) is 5.75 Å². The molecule has 0 saturated carbocycles. The van der Waals surface area contributed by atoms with Gasteiger partial charge >= 0.3 is 6.03 Å². The number of carbonyl (C=O) groups is 3. The maximum atomic E-state index is 13.5. The van der Waals surface area contributed by atoms with E-state index in [1.54, 1.807) is 7.11 Å². The second-order valence-electron chi connectivity index (χ2n) is 9.05. The Hall–Kier alpha value is -3.68. The number of methoxy groups -OCH3 is 1. The third-order valence-electron chi connectivity index (χ3n) is 6.67. The van der Waals surface area contributed by atoms with Crippen LogP contribution < -0.4 is 10.1 Å². The number of ether oxygens (including phenoxy) is 1. The van der Waals surface area contributed by atoms with Gasteiger partial charge in [0.2, 0.25) is 0 Å². The van der Waals surface area contributed by atoms with Gasteiger partial charge < -0.3 is 10.1 Å². The van der Waals surface area contributed by atoms with Crippen molar-refractivity contribution in [1.29, 1.82) is 0 Å². The van der Waals surface area contributed by atoms with E-state index in [0.29, 0.717) is 19.3 Å². The van der Waals surface area contributed by atoms with Crippen molar-refractivity contribution in [1.82, 2.24) is 15.2 Å². The number of imide groups is 1. The van der Waals surface area contributed by atoms with E-state index in [9.17, 15) is 14.4 Å². The van der Waals surface area contributed by atoms with Crippen LogP contribution in [0.2, 0.25) is 0 Å². The normalized spacial score (nSPS) is 19.1. The summed E-state index contributed by atoms with van der Waals surface area (Å²) < 4.78 is 5.27. The average Bonchev–Trinajstić information content (AvgIpc) is 3.41. The predicted octanol–water partition coefficient (Wildman–Crippen LogP) is 4.26. The minimum Gasteiger partial charge on any atom is -0.497 e. The fourth-order valence-corrected chi connectivity index (χ4v) is 4.98. The number of benzene rings is 2. The standard InChI is InChI=1S/C27H32N4O4/c1-4-15-27(16-5-2)25(33)30(26(34)28-27)18-24(32)31-23(20-11-13-21(35-3)14-12-20)17-22(29-31)19-9-7-6-8-10-19/h6-14,23H,4-5,15-18H2,1-3H3,(H,28,34). The molecule has 1 atom stereocenters. The fraction of sp³-hybridized carbons (Fsp3) is 0.407. The van der Waals surface area contributed by atoms with Crippen LogP contribution in [-0.4, -0.2) is 52.7 Å². The molecular formula is C27H32N4O4. The van der Waals surface area contributed by atoms with Crippen LogP contribution in [0.1, 0.15) is 63.1 Å². The summed E-state index contributed by atoms with van der Waals surface area (Å²) in [6.45, 7) is 3.61. The highest BCUT2D eigenvalue weighted by molar-refractivity contribution is 6.09. The minimum absolute atomic E-state index is 0.327. The average molecular weight is 477 g/mol. The Morgan fingerprint density at radius 2 is 1.71 bits per heavy atom. The number of nitrogens with zero attached hydrogens (tertiary/aromatic N) is 3. The molecule has 0 spiro atoms. The maximum absolute atomic E-state index is 13.5. The first kappa shape index (κ1) is 24.4. The van der Waals surface area contributed by atoms with Crippen LogP contribution in [0, 0.1) is 0 Å². The largest absolute Gasteiger partial charge is 0.497 e. The van der Waals surface area contributed by atoms with Gasteiger partial charge in [0.05, 0.1) is 18.9 Å². The van der Waals surface area contributed by atoms with Gasteiger partial charge in [-0.15, -0.1) is 0 Å². The molecule has 2 aliphatic rings. The van der Waals surface area contributed by atoms with Gasteiger partial charge in [-0.05, 0) is 36.1 Å². The molecule has 1 fully saturated rings. The van der Waals surface area contributed by atoms with Crippen molar-refractivity contribution >= 4 is 23.6 Å². The Morgan fingerprint density at radius 1 is 1.06 bits per heavy atom. The second kappa shape index (κ2) is 10.3. The lowest BCUT2D eigenvalue weighted by molar-refractivity contribution is -0.140. The molecule has 1 saturated heterocycles. The summed E-state index contributed by atoms with van der Waals surface area (Å²) in [5.41, 5.74) is 1.68. The molecule has 0 aromatic heterocycles. The molecule has 8 heteroatoms. The summed E-state index contributed by atoms with van der Waals surface area (Å²) in [5, 5.41) is 8.95. The van der Waals surface area contributed by atoms with E-state index in [-0.39, 0.29) is 18.5 Å². The predicted molar refractivity (Wildman–Crippen MR) is 133 cm³/mol. The first-order valence-electron chi connectivity index (χ1n) is 12.2. The lowest BCUT2D eigenvalue weighted by Gasteiger charge is -2.26. The summed E-state index contributed by atoms with van der Waals surface area (Å²) in [6.07, 6.45) is 3.13. The smallest absolute Gasteiger partial charge is 0.325 e. The molecule has 2 aliphatic heterocycles. The molecule has 1 N–H and O–H groups in total. The number of hydrazone groups is 1. The Morgan fingerprint density at radius 3 is 2.31 bits per heavy atom. The third-order valence-corrected chi connectivity index (χ3v) is 6.67. The highest BCUT2D eigenvalue weighted by Crippen LogP contribution is 2.34. The number of rotatable bonds is 9. The summed E-state index contributed by atoms with van der Waals surface area (Å²) in [6, 6.07) is 16.4. The van der Waals surface area contributed by atoms with E-state index in [0.717, 1.165) is 40.3 Å². The molecule has 184 valence electrons. The molecule has 0 radical (unpaired) electrons. The Balaban J connectivity index is 1.61. The molecule has 2 aromatic carbocycles. The maximum Gasteiger partial charge on any atom is 0.325 e. The van der Waals surface area contributed by atoms with Gasteiger partial charge in [0.1, 0.15) is 17.8 Å². The Bertz CT molecular complexity index is 1110. The molecule has 1 unspecified atom stereocenters. The monoisotopic (exact) mass is 476 g/mol. The SMILES string of the molecule is CCCC1(CCC)NC(=O)N(CC(=O)N2N=C(c3ccccc3)CC2c2ccc(OC)cc2)C1=O. The number of amides is 4. The van der Waals surface area contributed by atoms with Gasteiger partial charge in [0, 0.05) is 6.42 Å². The van der Waals surface area contributed by atoms with Crippen molar-refractivity contribution in [3.63, 3.8) is 0 Å². The highest BCUT2D eigenvalue weighted by Gasteiger charge is 2.50. The molecule has 4 amide bonds. The van der Waals surface area contributed by atoms with Crippen molar-refractivity contribution < 1.29 is 19.1 Å². The van der Waals surface area contributed by atoms with Crippen molar-refractivity contribution in [3.8, 4) is 5.75 Å². The summed E-state index contributed by atoms with van der Waals surface area (Å²) in [7, 11) is 1.60. The molecule has 0 aliphatic carbocycles. The zero-order chi connectivity index (χ0) is 25.0. The minimum atomic E-state index is -0.931. The lowest BCUT2D eigenvalue weighted by atomic mass is 9.88. The molecule has 0 bridgehead atoms. The molecule has 35 heavy (non-hydrogen) atoms. The third kappa shape index (κ3) is 4.78. The molecule has 2 aromatic rings. The number of carbonyl (C=O) groups excluding carboxylic acids is 3. The number of hydrogen-bond donors (Lipinski definition) is 1. The molecule has 8 nitrogen and oxygen atoms in total. The van der Waals surface area contributed by atoms with Crippen LogP contribution in [0.4, 0.5) is 4.79 Å². The first-order chi connectivity index (χ1) is 16.9. The zero-order valence-corrected chi connectivity index (χ0v) is 20.5. The fourth-order valence-electron chi connectivity index (χ4n) is 4.98. The molecule has 4 rings (SSSR count). The lowest BCUT2D eigenvalue weighted by Crippen LogP contribution is -2.47. The quantitative estimate of drug-likeness (QED) is 0.548. The van der Waals surface area contributed by atoms with Gasteiger partial charge in [0.25, 0.3) is 11.8 Å². The van der Waals surface area contributed by atoms with E-state index in [1.165, 1.54) is 5.01 Å². The summed E-state index contributed by atoms with van der Waals surface area (Å²) in [5.74, 6) is -0.00704.